The van der Waals surface area contributed by atoms with Crippen LogP contribution in [0.2, 0.25) is 0 Å². The normalized spacial score (nSPS) is 19.1. The summed E-state index contributed by atoms with van der Waals surface area (Å²) in [6.45, 7) is 3.29. The molecule has 1 aromatic heterocycles. The first-order valence-corrected chi connectivity index (χ1v) is 5.86. The summed E-state index contributed by atoms with van der Waals surface area (Å²) in [7, 11) is 0. The third-order valence-corrected chi connectivity index (χ3v) is 3.15. The number of aryl methyl sites for hydroxylation is 1. The molecular formula is C12H14FN3OS. The van der Waals surface area contributed by atoms with E-state index in [4.69, 9.17) is 18.0 Å². The Morgan fingerprint density at radius 3 is 2.94 bits per heavy atom. The van der Waals surface area contributed by atoms with Gasteiger partial charge in [-0.05, 0) is 19.9 Å². The molecule has 1 amide bonds. The number of nitrogens with zero attached hydrogens (tertiary/aromatic N) is 1. The summed E-state index contributed by atoms with van der Waals surface area (Å²) in [6, 6.07) is 1.60. The molecule has 1 aliphatic rings. The number of amides is 1. The zero-order valence-corrected chi connectivity index (χ0v) is 10.8. The second-order valence-electron chi connectivity index (χ2n) is 4.17. The Morgan fingerprint density at radius 1 is 1.67 bits per heavy atom. The molecule has 6 heteroatoms. The van der Waals surface area contributed by atoms with Crippen molar-refractivity contribution in [2.45, 2.75) is 13.8 Å². The van der Waals surface area contributed by atoms with Gasteiger partial charge in [0.15, 0.2) is 0 Å². The smallest absolute Gasteiger partial charge is 0.233 e. The van der Waals surface area contributed by atoms with Gasteiger partial charge in [-0.3, -0.25) is 4.79 Å². The number of nitrogens with two attached hydrogens (primary N) is 1. The first kappa shape index (κ1) is 12.6. The number of allylic oxidation sites excluding steroid dienone is 1. The first-order chi connectivity index (χ1) is 8.45. The Kier molecular flexibility index (Phi) is 3.13. The van der Waals surface area contributed by atoms with Crippen LogP contribution in [0.3, 0.4) is 0 Å². The van der Waals surface area contributed by atoms with Crippen molar-refractivity contribution in [1.29, 1.82) is 0 Å². The second-order valence-corrected chi connectivity index (χ2v) is 4.41. The Morgan fingerprint density at radius 2 is 2.33 bits per heavy atom. The average Bonchev–Trinajstić information content (AvgIpc) is 2.38. The van der Waals surface area contributed by atoms with Crippen LogP contribution in [-0.2, 0) is 4.79 Å². The van der Waals surface area contributed by atoms with Crippen LogP contribution in [0.1, 0.15) is 19.6 Å². The van der Waals surface area contributed by atoms with Crippen molar-refractivity contribution >= 4 is 34.8 Å². The van der Waals surface area contributed by atoms with Gasteiger partial charge in [-0.1, -0.05) is 12.2 Å². The van der Waals surface area contributed by atoms with Crippen molar-refractivity contribution in [3.8, 4) is 0 Å². The number of nitrogens with one attached hydrogen (secondary N) is 1. The molecule has 1 atom stereocenters. The fourth-order valence-electron chi connectivity index (χ4n) is 1.88. The maximum absolute atomic E-state index is 14.0. The Hall–Kier alpha value is -1.82. The SMILES string of the molecule is Cc1cc2c(c(F)n1)C(C=S)=C(N)C(C)C(=O)N2.[HH]. The van der Waals surface area contributed by atoms with E-state index in [2.05, 4.69) is 10.3 Å². The molecule has 3 N–H and O–H groups in total. The minimum Gasteiger partial charge on any atom is -0.401 e. The lowest BCUT2D eigenvalue weighted by atomic mass is 10.00. The third kappa shape index (κ3) is 1.88. The van der Waals surface area contributed by atoms with E-state index in [-0.39, 0.29) is 18.6 Å². The third-order valence-electron chi connectivity index (χ3n) is 2.92. The fraction of sp³-hybridized carbons (Fsp3) is 0.250. The van der Waals surface area contributed by atoms with Gasteiger partial charge in [-0.25, -0.2) is 4.98 Å². The van der Waals surface area contributed by atoms with Crippen LogP contribution >= 0.6 is 12.2 Å². The predicted octanol–water partition coefficient (Wildman–Crippen LogP) is 2.03. The van der Waals surface area contributed by atoms with Gasteiger partial charge in [0.1, 0.15) is 0 Å². The van der Waals surface area contributed by atoms with Gasteiger partial charge in [0.2, 0.25) is 11.9 Å². The van der Waals surface area contributed by atoms with E-state index in [0.29, 0.717) is 17.0 Å². The maximum Gasteiger partial charge on any atom is 0.233 e. The number of halogens is 1. The summed E-state index contributed by atoms with van der Waals surface area (Å²) in [4.78, 5) is 15.6. The van der Waals surface area contributed by atoms with Gasteiger partial charge in [0, 0.05) is 23.8 Å². The molecule has 0 saturated carbocycles. The second kappa shape index (κ2) is 4.45. The van der Waals surface area contributed by atoms with E-state index in [1.165, 1.54) is 5.37 Å². The highest BCUT2D eigenvalue weighted by molar-refractivity contribution is 7.79. The van der Waals surface area contributed by atoms with Gasteiger partial charge in [-0.2, -0.15) is 4.39 Å². The average molecular weight is 267 g/mol. The van der Waals surface area contributed by atoms with Crippen molar-refractivity contribution in [1.82, 2.24) is 4.98 Å². The van der Waals surface area contributed by atoms with Crippen molar-refractivity contribution in [3.63, 3.8) is 0 Å². The molecule has 2 rings (SSSR count). The molecule has 1 aliphatic heterocycles. The van der Waals surface area contributed by atoms with Crippen molar-refractivity contribution < 1.29 is 10.6 Å². The lowest BCUT2D eigenvalue weighted by Crippen LogP contribution is -2.24. The van der Waals surface area contributed by atoms with Crippen LogP contribution in [0.5, 0.6) is 0 Å². The molecule has 0 bridgehead atoms. The highest BCUT2D eigenvalue weighted by Crippen LogP contribution is 2.32. The molecule has 0 fully saturated rings. The van der Waals surface area contributed by atoms with E-state index in [1.54, 1.807) is 19.9 Å². The molecule has 1 aromatic rings. The van der Waals surface area contributed by atoms with E-state index >= 15 is 0 Å². The molecular weight excluding hydrogens is 253 g/mol. The molecule has 18 heavy (non-hydrogen) atoms. The predicted molar refractivity (Wildman–Crippen MR) is 73.6 cm³/mol. The molecule has 0 radical (unpaired) electrons. The summed E-state index contributed by atoms with van der Waals surface area (Å²) >= 11 is 4.87. The monoisotopic (exact) mass is 267 g/mol. The Labute approximate surface area is 111 Å². The molecule has 4 nitrogen and oxygen atoms in total. The number of rotatable bonds is 1. The van der Waals surface area contributed by atoms with Crippen LogP contribution in [0.15, 0.2) is 11.8 Å². The van der Waals surface area contributed by atoms with E-state index in [0.717, 1.165) is 0 Å². The number of pyridine rings is 1. The minimum atomic E-state index is -0.682. The Bertz CT molecular complexity index is 589. The number of carbonyl (C=O) groups is 1. The summed E-state index contributed by atoms with van der Waals surface area (Å²) in [6.07, 6.45) is 0. The van der Waals surface area contributed by atoms with E-state index in [9.17, 15) is 9.18 Å². The van der Waals surface area contributed by atoms with Gasteiger partial charge in [0.25, 0.3) is 0 Å². The summed E-state index contributed by atoms with van der Waals surface area (Å²) in [5.41, 5.74) is 7.46. The summed E-state index contributed by atoms with van der Waals surface area (Å²) in [5.74, 6) is -1.53. The largest absolute Gasteiger partial charge is 0.401 e. The van der Waals surface area contributed by atoms with Gasteiger partial charge in [0.05, 0.1) is 17.2 Å². The highest BCUT2D eigenvalue weighted by atomic mass is 32.1. The quantitative estimate of drug-likeness (QED) is 0.603. The number of carbonyl (C=O) groups excluding carboxylic acids is 1. The van der Waals surface area contributed by atoms with E-state index in [1.807, 2.05) is 0 Å². The highest BCUT2D eigenvalue weighted by Gasteiger charge is 2.27. The number of anilines is 1. The van der Waals surface area contributed by atoms with Crippen molar-refractivity contribution in [2.75, 3.05) is 5.32 Å². The van der Waals surface area contributed by atoms with Crippen LogP contribution < -0.4 is 11.1 Å². The summed E-state index contributed by atoms with van der Waals surface area (Å²) < 4.78 is 14.0. The van der Waals surface area contributed by atoms with Gasteiger partial charge in [-0.15, -0.1) is 0 Å². The summed E-state index contributed by atoms with van der Waals surface area (Å²) in [5, 5.41) is 3.92. The van der Waals surface area contributed by atoms with Crippen LogP contribution in [-0.4, -0.2) is 16.3 Å². The van der Waals surface area contributed by atoms with Crippen LogP contribution in [0, 0.1) is 18.8 Å². The number of hydrogen-bond donors (Lipinski definition) is 2. The maximum atomic E-state index is 14.0. The van der Waals surface area contributed by atoms with Crippen LogP contribution in [0.25, 0.3) is 5.57 Å². The number of aromatic nitrogens is 1. The zero-order chi connectivity index (χ0) is 13.4. The standard InChI is InChI=1S/C12H12FN3OS.H2/c1-5-3-8-9(11(13)15-5)7(4-18)10(14)6(2)12(17)16-8;/h3-4,6H,14H2,1-2H3,(H,16,17);1H. The van der Waals surface area contributed by atoms with Crippen LogP contribution in [0.4, 0.5) is 10.1 Å². The molecule has 0 spiro atoms. The molecule has 0 saturated heterocycles. The minimum absolute atomic E-state index is 0. The number of fused-ring (bicyclic) bond motifs is 1. The molecule has 1 unspecified atom stereocenters. The topological polar surface area (TPSA) is 68.0 Å². The lowest BCUT2D eigenvalue weighted by Gasteiger charge is -2.09. The van der Waals surface area contributed by atoms with Crippen molar-refractivity contribution in [2.24, 2.45) is 11.7 Å². The van der Waals surface area contributed by atoms with Crippen molar-refractivity contribution in [3.05, 3.63) is 29.0 Å². The first-order valence-electron chi connectivity index (χ1n) is 5.39. The van der Waals surface area contributed by atoms with Gasteiger partial charge >= 0.3 is 0 Å². The Balaban J connectivity index is 0.00000180. The zero-order valence-electron chi connectivity index (χ0n) is 9.95. The molecule has 96 valence electrons. The lowest BCUT2D eigenvalue weighted by molar-refractivity contribution is -0.118. The van der Waals surface area contributed by atoms with Gasteiger partial charge < -0.3 is 11.1 Å². The fourth-order valence-corrected chi connectivity index (χ4v) is 2.13. The number of hydrogen-bond acceptors (Lipinski definition) is 4. The number of thiocarbonyl (C=S) groups is 1. The molecule has 2 heterocycles. The molecule has 0 aromatic carbocycles. The molecule has 0 aliphatic carbocycles. The van der Waals surface area contributed by atoms with E-state index < -0.39 is 11.9 Å².